The van der Waals surface area contributed by atoms with Crippen molar-refractivity contribution >= 4 is 35.0 Å². The van der Waals surface area contributed by atoms with Crippen LogP contribution >= 0.6 is 23.4 Å². The number of nitrogens with zero attached hydrogens (tertiary/aromatic N) is 3. The zero-order chi connectivity index (χ0) is 15.7. The quantitative estimate of drug-likeness (QED) is 0.846. The van der Waals surface area contributed by atoms with Gasteiger partial charge in [-0.05, 0) is 38.0 Å². The number of amides is 1. The number of carbonyl (C=O) groups excluding carboxylic acids is 1. The van der Waals surface area contributed by atoms with E-state index >= 15 is 0 Å². The molecule has 0 radical (unpaired) electrons. The van der Waals surface area contributed by atoms with E-state index in [0.29, 0.717) is 11.2 Å². The van der Waals surface area contributed by atoms with E-state index in [-0.39, 0.29) is 16.6 Å². The van der Waals surface area contributed by atoms with Crippen LogP contribution in [0.2, 0.25) is 5.02 Å². The maximum Gasteiger partial charge on any atom is 0.237 e. The van der Waals surface area contributed by atoms with Crippen LogP contribution in [-0.4, -0.2) is 25.9 Å². The van der Waals surface area contributed by atoms with Crippen molar-refractivity contribution in [1.29, 1.82) is 0 Å². The highest BCUT2D eigenvalue weighted by Gasteiger charge is 2.28. The number of carbonyl (C=O) groups is 1. The third-order valence-corrected chi connectivity index (χ3v) is 4.63. The average molecular weight is 341 g/mol. The molecule has 1 aromatic heterocycles. The first-order valence-electron chi connectivity index (χ1n) is 6.86. The van der Waals surface area contributed by atoms with Crippen LogP contribution in [0.25, 0.3) is 0 Å². The van der Waals surface area contributed by atoms with E-state index in [4.69, 9.17) is 11.6 Å². The molecular formula is C14H14ClFN4OS. The summed E-state index contributed by atoms with van der Waals surface area (Å²) in [5.41, 5.74) is 0.116. The second-order valence-electron chi connectivity index (χ2n) is 5.13. The number of nitrogens with one attached hydrogen (secondary N) is 1. The molecule has 22 heavy (non-hydrogen) atoms. The van der Waals surface area contributed by atoms with E-state index < -0.39 is 11.1 Å². The Morgan fingerprint density at radius 3 is 3.00 bits per heavy atom. The van der Waals surface area contributed by atoms with Crippen LogP contribution in [0.15, 0.2) is 29.7 Å². The van der Waals surface area contributed by atoms with Gasteiger partial charge in [0, 0.05) is 11.1 Å². The Bertz CT molecular complexity index is 704. The van der Waals surface area contributed by atoms with Gasteiger partial charge in [-0.25, -0.2) is 4.39 Å². The first-order valence-corrected chi connectivity index (χ1v) is 8.12. The number of anilines is 1. The number of hydrogen-bond acceptors (Lipinski definition) is 4. The molecule has 5 nitrogen and oxygen atoms in total. The standard InChI is InChI=1S/C14H14ClFN4OS/c1-8(22-14-19-17-7-20(14)10-3-4-10)13(21)18-12-5-2-9(15)6-11(12)16/h2,5-8,10H,3-4H2,1H3,(H,18,21). The molecule has 1 unspecified atom stereocenters. The van der Waals surface area contributed by atoms with Crippen LogP contribution in [-0.2, 0) is 4.79 Å². The van der Waals surface area contributed by atoms with Crippen LogP contribution in [0.4, 0.5) is 10.1 Å². The molecule has 0 aliphatic heterocycles. The second-order valence-corrected chi connectivity index (χ2v) is 6.87. The minimum Gasteiger partial charge on any atom is -0.323 e. The fraction of sp³-hybridized carbons (Fsp3) is 0.357. The van der Waals surface area contributed by atoms with Crippen molar-refractivity contribution in [3.05, 3.63) is 35.4 Å². The van der Waals surface area contributed by atoms with Gasteiger partial charge >= 0.3 is 0 Å². The number of hydrogen-bond donors (Lipinski definition) is 1. The van der Waals surface area contributed by atoms with Crippen molar-refractivity contribution in [1.82, 2.24) is 14.8 Å². The summed E-state index contributed by atoms with van der Waals surface area (Å²) in [5, 5.41) is 11.1. The molecule has 0 saturated heterocycles. The van der Waals surface area contributed by atoms with E-state index in [1.54, 1.807) is 13.3 Å². The average Bonchev–Trinajstić information content (AvgIpc) is 3.22. The molecule has 1 aromatic carbocycles. The van der Waals surface area contributed by atoms with Gasteiger partial charge in [0.05, 0.1) is 10.9 Å². The number of aromatic nitrogens is 3. The Morgan fingerprint density at radius 2 is 2.32 bits per heavy atom. The molecule has 1 N–H and O–H groups in total. The number of rotatable bonds is 5. The molecular weight excluding hydrogens is 327 g/mol. The SMILES string of the molecule is CC(Sc1nncn1C1CC1)C(=O)Nc1ccc(Cl)cc1F. The van der Waals surface area contributed by atoms with Crippen LogP contribution in [0.1, 0.15) is 25.8 Å². The lowest BCUT2D eigenvalue weighted by molar-refractivity contribution is -0.115. The molecule has 0 bridgehead atoms. The van der Waals surface area contributed by atoms with Gasteiger partial charge in [0.25, 0.3) is 0 Å². The van der Waals surface area contributed by atoms with Crippen LogP contribution in [0.3, 0.4) is 0 Å². The molecule has 1 atom stereocenters. The van der Waals surface area contributed by atoms with Crippen LogP contribution in [0.5, 0.6) is 0 Å². The summed E-state index contributed by atoms with van der Waals surface area (Å²) in [5.74, 6) is -0.851. The lowest BCUT2D eigenvalue weighted by atomic mass is 10.3. The van der Waals surface area contributed by atoms with Crippen molar-refractivity contribution in [3.63, 3.8) is 0 Å². The number of halogens is 2. The molecule has 0 spiro atoms. The van der Waals surface area contributed by atoms with Crippen molar-refractivity contribution in [3.8, 4) is 0 Å². The lowest BCUT2D eigenvalue weighted by Gasteiger charge is -2.12. The highest BCUT2D eigenvalue weighted by molar-refractivity contribution is 8.00. The van der Waals surface area contributed by atoms with Gasteiger partial charge < -0.3 is 9.88 Å². The normalized spacial score (nSPS) is 15.6. The van der Waals surface area contributed by atoms with Gasteiger partial charge in [-0.1, -0.05) is 23.4 Å². The van der Waals surface area contributed by atoms with Gasteiger partial charge in [-0.2, -0.15) is 0 Å². The second kappa shape index (κ2) is 6.26. The maximum atomic E-state index is 13.7. The first-order chi connectivity index (χ1) is 10.5. The minimum atomic E-state index is -0.556. The summed E-state index contributed by atoms with van der Waals surface area (Å²) in [6.45, 7) is 1.75. The summed E-state index contributed by atoms with van der Waals surface area (Å²) in [7, 11) is 0. The van der Waals surface area contributed by atoms with Gasteiger partial charge in [0.15, 0.2) is 5.16 Å². The van der Waals surface area contributed by atoms with Gasteiger partial charge in [-0.3, -0.25) is 4.79 Å². The van der Waals surface area contributed by atoms with Crippen molar-refractivity contribution in [2.75, 3.05) is 5.32 Å². The molecule has 1 aliphatic carbocycles. The van der Waals surface area contributed by atoms with E-state index in [0.717, 1.165) is 12.8 Å². The Kier molecular flexibility index (Phi) is 4.35. The van der Waals surface area contributed by atoms with Gasteiger partial charge in [0.2, 0.25) is 5.91 Å². The molecule has 2 aromatic rings. The summed E-state index contributed by atoms with van der Waals surface area (Å²) in [4.78, 5) is 12.2. The molecule has 1 amide bonds. The highest BCUT2D eigenvalue weighted by atomic mass is 35.5. The van der Waals surface area contributed by atoms with E-state index in [1.165, 1.54) is 30.0 Å². The summed E-state index contributed by atoms with van der Waals surface area (Å²) in [6.07, 6.45) is 3.91. The zero-order valence-corrected chi connectivity index (χ0v) is 13.4. The molecule has 1 saturated carbocycles. The highest BCUT2D eigenvalue weighted by Crippen LogP contribution is 2.38. The zero-order valence-electron chi connectivity index (χ0n) is 11.8. The Hall–Kier alpha value is -1.60. The Balaban J connectivity index is 1.65. The van der Waals surface area contributed by atoms with Crippen LogP contribution in [0, 0.1) is 5.82 Å². The molecule has 1 aliphatic rings. The lowest BCUT2D eigenvalue weighted by Crippen LogP contribution is -2.23. The molecule has 8 heteroatoms. The molecule has 1 heterocycles. The van der Waals surface area contributed by atoms with Crippen LogP contribution < -0.4 is 5.32 Å². The van der Waals surface area contributed by atoms with Crippen molar-refractivity contribution in [2.24, 2.45) is 0 Å². The van der Waals surface area contributed by atoms with E-state index in [1.807, 2.05) is 4.57 Å². The predicted molar refractivity (Wildman–Crippen MR) is 83.7 cm³/mol. The van der Waals surface area contributed by atoms with Gasteiger partial charge in [0.1, 0.15) is 12.1 Å². The molecule has 3 rings (SSSR count). The predicted octanol–water partition coefficient (Wildman–Crippen LogP) is 3.52. The Labute approximate surface area is 136 Å². The largest absolute Gasteiger partial charge is 0.323 e. The fourth-order valence-electron chi connectivity index (χ4n) is 1.96. The summed E-state index contributed by atoms with van der Waals surface area (Å²) >= 11 is 7.00. The van der Waals surface area contributed by atoms with Crippen molar-refractivity contribution in [2.45, 2.75) is 36.2 Å². The third-order valence-electron chi connectivity index (χ3n) is 3.32. The topological polar surface area (TPSA) is 59.8 Å². The molecule has 116 valence electrons. The summed E-state index contributed by atoms with van der Waals surface area (Å²) < 4.78 is 15.7. The number of thioether (sulfide) groups is 1. The minimum absolute atomic E-state index is 0.116. The van der Waals surface area contributed by atoms with Gasteiger partial charge in [-0.15, -0.1) is 10.2 Å². The first kappa shape index (κ1) is 15.3. The Morgan fingerprint density at radius 1 is 1.55 bits per heavy atom. The van der Waals surface area contributed by atoms with Crippen molar-refractivity contribution < 1.29 is 9.18 Å². The summed E-state index contributed by atoms with van der Waals surface area (Å²) in [6, 6.07) is 4.58. The number of benzene rings is 1. The molecule has 1 fully saturated rings. The monoisotopic (exact) mass is 340 g/mol. The van der Waals surface area contributed by atoms with E-state index in [2.05, 4.69) is 15.5 Å². The van der Waals surface area contributed by atoms with E-state index in [9.17, 15) is 9.18 Å². The third kappa shape index (κ3) is 3.41. The fourth-order valence-corrected chi connectivity index (χ4v) is 3.01. The maximum absolute atomic E-state index is 13.7. The smallest absolute Gasteiger partial charge is 0.237 e.